The Bertz CT molecular complexity index is 664. The van der Waals surface area contributed by atoms with Gasteiger partial charge in [-0.15, -0.1) is 0 Å². The lowest BCUT2D eigenvalue weighted by atomic mass is 10.2. The normalized spacial score (nSPS) is 10.6. The van der Waals surface area contributed by atoms with E-state index in [1.165, 1.54) is 6.21 Å². The summed E-state index contributed by atoms with van der Waals surface area (Å²) in [5.74, 6) is 0.911. The number of hydrogen-bond acceptors (Lipinski definition) is 5. The average Bonchev–Trinajstić information content (AvgIpc) is 2.93. The molecular weight excluding hydrogens is 272 g/mol. The number of ether oxygens (including phenoxy) is 2. The molecule has 0 unspecified atom stereocenters. The predicted molar refractivity (Wildman–Crippen MR) is 77.9 cm³/mol. The van der Waals surface area contributed by atoms with E-state index in [0.29, 0.717) is 17.1 Å². The van der Waals surface area contributed by atoms with Gasteiger partial charge in [-0.2, -0.15) is 10.2 Å². The zero-order valence-corrected chi connectivity index (χ0v) is 12.0. The van der Waals surface area contributed by atoms with E-state index < -0.39 is 5.91 Å². The Labute approximate surface area is 122 Å². The minimum atomic E-state index is -0.391. The van der Waals surface area contributed by atoms with Gasteiger partial charge >= 0.3 is 0 Å². The quantitative estimate of drug-likeness (QED) is 0.644. The molecule has 0 atom stereocenters. The minimum absolute atomic E-state index is 0.280. The van der Waals surface area contributed by atoms with Crippen LogP contribution in [0.25, 0.3) is 0 Å². The van der Waals surface area contributed by atoms with Crippen LogP contribution in [-0.2, 0) is 0 Å². The first-order chi connectivity index (χ1) is 10.1. The van der Waals surface area contributed by atoms with Gasteiger partial charge in [0.05, 0.1) is 20.4 Å². The second kappa shape index (κ2) is 6.56. The molecule has 1 heterocycles. The number of carbonyl (C=O) groups excluding carboxylic acids is 1. The third kappa shape index (κ3) is 3.59. The van der Waals surface area contributed by atoms with Crippen LogP contribution in [0, 0.1) is 6.92 Å². The third-order valence-electron chi connectivity index (χ3n) is 2.75. The van der Waals surface area contributed by atoms with Crippen LogP contribution < -0.4 is 14.9 Å². The lowest BCUT2D eigenvalue weighted by Crippen LogP contribution is -2.18. The van der Waals surface area contributed by atoms with Gasteiger partial charge in [0.15, 0.2) is 5.69 Å². The smallest absolute Gasteiger partial charge is 0.291 e. The summed E-state index contributed by atoms with van der Waals surface area (Å²) in [5.41, 5.74) is 4.18. The van der Waals surface area contributed by atoms with E-state index in [1.807, 2.05) is 6.92 Å². The molecule has 0 saturated heterocycles. The second-order valence-electron chi connectivity index (χ2n) is 4.24. The molecule has 7 nitrogen and oxygen atoms in total. The van der Waals surface area contributed by atoms with E-state index in [4.69, 9.17) is 9.47 Å². The molecule has 2 N–H and O–H groups in total. The maximum Gasteiger partial charge on any atom is 0.291 e. The highest BCUT2D eigenvalue weighted by Crippen LogP contribution is 2.22. The van der Waals surface area contributed by atoms with Gasteiger partial charge in [-0.3, -0.25) is 9.89 Å². The van der Waals surface area contributed by atoms with E-state index in [9.17, 15) is 4.79 Å². The van der Waals surface area contributed by atoms with Gasteiger partial charge in [-0.1, -0.05) is 0 Å². The molecular formula is C14H16N4O3. The van der Waals surface area contributed by atoms with E-state index >= 15 is 0 Å². The van der Waals surface area contributed by atoms with Crippen molar-refractivity contribution in [3.8, 4) is 11.5 Å². The Morgan fingerprint density at radius 3 is 2.76 bits per heavy atom. The number of aryl methyl sites for hydroxylation is 1. The van der Waals surface area contributed by atoms with Crippen LogP contribution in [0.2, 0.25) is 0 Å². The number of nitrogens with zero attached hydrogens (tertiary/aromatic N) is 2. The molecule has 0 saturated carbocycles. The number of H-pyrrole nitrogens is 1. The Balaban J connectivity index is 2.08. The summed E-state index contributed by atoms with van der Waals surface area (Å²) in [6, 6.07) is 6.94. The van der Waals surface area contributed by atoms with E-state index in [0.717, 1.165) is 5.69 Å². The Morgan fingerprint density at radius 2 is 2.14 bits per heavy atom. The molecule has 0 spiro atoms. The Morgan fingerprint density at radius 1 is 1.33 bits per heavy atom. The number of methoxy groups -OCH3 is 2. The molecule has 0 fully saturated rings. The third-order valence-corrected chi connectivity index (χ3v) is 2.75. The Kier molecular flexibility index (Phi) is 4.55. The zero-order valence-electron chi connectivity index (χ0n) is 12.0. The van der Waals surface area contributed by atoms with Crippen LogP contribution in [-0.4, -0.2) is 36.5 Å². The molecule has 1 aromatic heterocycles. The highest BCUT2D eigenvalue weighted by atomic mass is 16.5. The van der Waals surface area contributed by atoms with Crippen molar-refractivity contribution >= 4 is 12.1 Å². The van der Waals surface area contributed by atoms with Crippen LogP contribution in [0.3, 0.4) is 0 Å². The van der Waals surface area contributed by atoms with Crippen molar-refractivity contribution < 1.29 is 14.3 Å². The highest BCUT2D eigenvalue weighted by Gasteiger charge is 2.08. The molecule has 7 heteroatoms. The molecule has 2 aromatic rings. The van der Waals surface area contributed by atoms with Crippen molar-refractivity contribution in [2.45, 2.75) is 6.92 Å². The molecule has 21 heavy (non-hydrogen) atoms. The zero-order chi connectivity index (χ0) is 15.2. The SMILES string of the molecule is COc1ccc(OC)c(/C=N\NC(=O)c2cc(C)[nH]n2)c1. The summed E-state index contributed by atoms with van der Waals surface area (Å²) in [7, 11) is 3.13. The summed E-state index contributed by atoms with van der Waals surface area (Å²) in [5, 5.41) is 10.4. The minimum Gasteiger partial charge on any atom is -0.497 e. The molecule has 1 aromatic carbocycles. The topological polar surface area (TPSA) is 88.6 Å². The monoisotopic (exact) mass is 288 g/mol. The molecule has 0 aliphatic heterocycles. The van der Waals surface area contributed by atoms with Crippen LogP contribution in [0.15, 0.2) is 29.4 Å². The second-order valence-corrected chi connectivity index (χ2v) is 4.24. The highest BCUT2D eigenvalue weighted by molar-refractivity contribution is 5.93. The summed E-state index contributed by atoms with van der Waals surface area (Å²) >= 11 is 0. The number of hydrazone groups is 1. The number of rotatable bonds is 5. The van der Waals surface area contributed by atoms with Crippen LogP contribution in [0.4, 0.5) is 0 Å². The first kappa shape index (κ1) is 14.6. The summed E-state index contributed by atoms with van der Waals surface area (Å²) in [6.45, 7) is 1.81. The first-order valence-corrected chi connectivity index (χ1v) is 6.21. The molecule has 0 radical (unpaired) electrons. The number of aromatic amines is 1. The van der Waals surface area contributed by atoms with Crippen LogP contribution >= 0.6 is 0 Å². The lowest BCUT2D eigenvalue weighted by molar-refractivity contribution is 0.0950. The van der Waals surface area contributed by atoms with Gasteiger partial charge in [-0.25, -0.2) is 5.43 Å². The van der Waals surface area contributed by atoms with Crippen molar-refractivity contribution in [2.24, 2.45) is 5.10 Å². The molecule has 1 amide bonds. The molecule has 110 valence electrons. The van der Waals surface area contributed by atoms with E-state index in [1.54, 1.807) is 38.5 Å². The van der Waals surface area contributed by atoms with Crippen LogP contribution in [0.1, 0.15) is 21.7 Å². The molecule has 2 rings (SSSR count). The summed E-state index contributed by atoms with van der Waals surface area (Å²) in [4.78, 5) is 11.8. The first-order valence-electron chi connectivity index (χ1n) is 6.21. The van der Waals surface area contributed by atoms with Crippen molar-refractivity contribution in [1.82, 2.24) is 15.6 Å². The largest absolute Gasteiger partial charge is 0.497 e. The number of benzene rings is 1. The number of aromatic nitrogens is 2. The number of hydrogen-bond donors (Lipinski definition) is 2. The standard InChI is InChI=1S/C14H16N4O3/c1-9-6-12(17-16-9)14(19)18-15-8-10-7-11(20-2)4-5-13(10)21-3/h4-8H,1-3H3,(H,16,17)(H,18,19)/b15-8-. The fourth-order valence-corrected chi connectivity index (χ4v) is 1.69. The van der Waals surface area contributed by atoms with Crippen LogP contribution in [0.5, 0.6) is 11.5 Å². The van der Waals surface area contributed by atoms with Crippen molar-refractivity contribution in [3.05, 3.63) is 41.2 Å². The van der Waals surface area contributed by atoms with Gasteiger partial charge in [0.2, 0.25) is 0 Å². The summed E-state index contributed by atoms with van der Waals surface area (Å²) < 4.78 is 10.3. The van der Waals surface area contributed by atoms with Crippen molar-refractivity contribution in [1.29, 1.82) is 0 Å². The van der Waals surface area contributed by atoms with Crippen molar-refractivity contribution in [2.75, 3.05) is 14.2 Å². The maximum atomic E-state index is 11.8. The molecule has 0 bridgehead atoms. The fourth-order valence-electron chi connectivity index (χ4n) is 1.69. The van der Waals surface area contributed by atoms with Crippen molar-refractivity contribution in [3.63, 3.8) is 0 Å². The maximum absolute atomic E-state index is 11.8. The van der Waals surface area contributed by atoms with E-state index in [2.05, 4.69) is 20.7 Å². The Hall–Kier alpha value is -2.83. The molecule has 0 aliphatic carbocycles. The lowest BCUT2D eigenvalue weighted by Gasteiger charge is -2.06. The van der Waals surface area contributed by atoms with Gasteiger partial charge in [-0.05, 0) is 31.2 Å². The van der Waals surface area contributed by atoms with Gasteiger partial charge in [0, 0.05) is 11.3 Å². The van der Waals surface area contributed by atoms with Gasteiger partial charge in [0.1, 0.15) is 11.5 Å². The van der Waals surface area contributed by atoms with Gasteiger partial charge in [0.25, 0.3) is 5.91 Å². The predicted octanol–water partition coefficient (Wildman–Crippen LogP) is 1.50. The fraction of sp³-hybridized carbons (Fsp3) is 0.214. The van der Waals surface area contributed by atoms with E-state index in [-0.39, 0.29) is 5.69 Å². The average molecular weight is 288 g/mol. The number of nitrogens with one attached hydrogen (secondary N) is 2. The summed E-state index contributed by atoms with van der Waals surface area (Å²) in [6.07, 6.45) is 1.48. The molecule has 0 aliphatic rings. The van der Waals surface area contributed by atoms with Gasteiger partial charge < -0.3 is 9.47 Å². The number of amides is 1. The number of carbonyl (C=O) groups is 1.